The second kappa shape index (κ2) is 4.99. The van der Waals surface area contributed by atoms with E-state index in [1.807, 2.05) is 0 Å². The molecule has 0 aromatic heterocycles. The number of nitrogens with one attached hydrogen (secondary N) is 1. The van der Waals surface area contributed by atoms with E-state index in [0.29, 0.717) is 0 Å². The molecule has 2 aromatic rings. The summed E-state index contributed by atoms with van der Waals surface area (Å²) in [6, 6.07) is 15.4. The molecule has 94 valence electrons. The van der Waals surface area contributed by atoms with Gasteiger partial charge in [-0.25, -0.2) is 0 Å². The van der Waals surface area contributed by atoms with E-state index < -0.39 is 0 Å². The molecule has 0 aliphatic heterocycles. The summed E-state index contributed by atoms with van der Waals surface area (Å²) in [7, 11) is 0. The highest BCUT2D eigenvalue weighted by Crippen LogP contribution is 2.22. The molecule has 2 aromatic carbocycles. The van der Waals surface area contributed by atoms with Crippen molar-refractivity contribution in [2.75, 3.05) is 6.54 Å². The van der Waals surface area contributed by atoms with E-state index in [4.69, 9.17) is 4.74 Å². The molecule has 2 nitrogen and oxygen atoms in total. The van der Waals surface area contributed by atoms with Gasteiger partial charge in [0.25, 0.3) is 0 Å². The topological polar surface area (TPSA) is 21.3 Å². The van der Waals surface area contributed by atoms with E-state index >= 15 is 0 Å². The Morgan fingerprint density at radius 3 is 2.72 bits per heavy atom. The lowest BCUT2D eigenvalue weighted by Crippen LogP contribution is -2.30. The summed E-state index contributed by atoms with van der Waals surface area (Å²) < 4.78 is 5.94. The van der Waals surface area contributed by atoms with Crippen molar-refractivity contribution in [3.05, 3.63) is 42.5 Å². The zero-order valence-electron chi connectivity index (χ0n) is 10.7. The highest BCUT2D eigenvalue weighted by atomic mass is 16.5. The molecule has 0 amide bonds. The molecule has 1 aliphatic rings. The van der Waals surface area contributed by atoms with Crippen LogP contribution in [0, 0.1) is 0 Å². The van der Waals surface area contributed by atoms with Gasteiger partial charge in [0, 0.05) is 12.6 Å². The molecule has 0 saturated heterocycles. The van der Waals surface area contributed by atoms with Gasteiger partial charge in [-0.15, -0.1) is 0 Å². The number of rotatable bonds is 5. The van der Waals surface area contributed by atoms with Crippen LogP contribution in [0.2, 0.25) is 0 Å². The number of ether oxygens (including phenoxy) is 1. The summed E-state index contributed by atoms with van der Waals surface area (Å²) in [5.41, 5.74) is 0. The van der Waals surface area contributed by atoms with Gasteiger partial charge in [-0.1, -0.05) is 30.3 Å². The minimum Gasteiger partial charge on any atom is -0.489 e. The Morgan fingerprint density at radius 2 is 1.94 bits per heavy atom. The van der Waals surface area contributed by atoms with Crippen molar-refractivity contribution in [3.8, 4) is 5.75 Å². The standard InChI is InChI=1S/C16H19NO/c1-12(11-17-15-7-8-15)18-16-9-6-13-4-2-3-5-14(13)10-16/h2-6,9-10,12,15,17H,7-8,11H2,1H3. The first-order chi connectivity index (χ1) is 8.81. The first-order valence-electron chi connectivity index (χ1n) is 6.70. The highest BCUT2D eigenvalue weighted by Gasteiger charge is 2.21. The zero-order chi connectivity index (χ0) is 12.4. The van der Waals surface area contributed by atoms with Crippen molar-refractivity contribution in [1.82, 2.24) is 5.32 Å². The Bertz CT molecular complexity index is 533. The first-order valence-corrected chi connectivity index (χ1v) is 6.70. The van der Waals surface area contributed by atoms with E-state index in [-0.39, 0.29) is 6.10 Å². The van der Waals surface area contributed by atoms with Crippen LogP contribution in [0.3, 0.4) is 0 Å². The molecule has 1 saturated carbocycles. The fraction of sp³-hybridized carbons (Fsp3) is 0.375. The maximum atomic E-state index is 5.94. The van der Waals surface area contributed by atoms with Gasteiger partial charge in [0.1, 0.15) is 11.9 Å². The Kier molecular flexibility index (Phi) is 3.20. The van der Waals surface area contributed by atoms with Gasteiger partial charge in [-0.3, -0.25) is 0 Å². The SMILES string of the molecule is CC(CNC1CC1)Oc1ccc2ccccc2c1. The number of benzene rings is 2. The molecule has 1 atom stereocenters. The zero-order valence-corrected chi connectivity index (χ0v) is 10.7. The summed E-state index contributed by atoms with van der Waals surface area (Å²) >= 11 is 0. The molecular formula is C16H19NO. The van der Waals surface area contributed by atoms with Crippen LogP contribution >= 0.6 is 0 Å². The molecule has 18 heavy (non-hydrogen) atoms. The van der Waals surface area contributed by atoms with E-state index in [2.05, 4.69) is 54.7 Å². The number of fused-ring (bicyclic) bond motifs is 1. The Balaban J connectivity index is 1.65. The van der Waals surface area contributed by atoms with E-state index in [0.717, 1.165) is 18.3 Å². The van der Waals surface area contributed by atoms with Crippen molar-refractivity contribution in [2.45, 2.75) is 31.9 Å². The fourth-order valence-electron chi connectivity index (χ4n) is 2.13. The predicted molar refractivity (Wildman–Crippen MR) is 75.1 cm³/mol. The maximum absolute atomic E-state index is 5.94. The Labute approximate surface area is 108 Å². The molecule has 2 heteroatoms. The van der Waals surface area contributed by atoms with Crippen molar-refractivity contribution in [3.63, 3.8) is 0 Å². The molecule has 0 spiro atoms. The molecular weight excluding hydrogens is 222 g/mol. The minimum absolute atomic E-state index is 0.215. The average Bonchev–Trinajstić information content (AvgIpc) is 3.20. The maximum Gasteiger partial charge on any atom is 0.120 e. The van der Waals surface area contributed by atoms with Crippen molar-refractivity contribution in [2.24, 2.45) is 0 Å². The fourth-order valence-corrected chi connectivity index (χ4v) is 2.13. The number of hydrogen-bond acceptors (Lipinski definition) is 2. The van der Waals surface area contributed by atoms with Crippen LogP contribution in [0.5, 0.6) is 5.75 Å². The largest absolute Gasteiger partial charge is 0.489 e. The van der Waals surface area contributed by atoms with Gasteiger partial charge in [0.05, 0.1) is 0 Å². The van der Waals surface area contributed by atoms with Crippen LogP contribution in [-0.2, 0) is 0 Å². The van der Waals surface area contributed by atoms with Gasteiger partial charge >= 0.3 is 0 Å². The summed E-state index contributed by atoms with van der Waals surface area (Å²) in [4.78, 5) is 0. The third-order valence-corrected chi connectivity index (χ3v) is 3.33. The van der Waals surface area contributed by atoms with Crippen LogP contribution in [0.1, 0.15) is 19.8 Å². The highest BCUT2D eigenvalue weighted by molar-refractivity contribution is 5.83. The second-order valence-corrected chi connectivity index (χ2v) is 5.12. The third kappa shape index (κ3) is 2.82. The molecule has 3 rings (SSSR count). The quantitative estimate of drug-likeness (QED) is 0.866. The smallest absolute Gasteiger partial charge is 0.120 e. The monoisotopic (exact) mass is 241 g/mol. The Hall–Kier alpha value is -1.54. The van der Waals surface area contributed by atoms with Crippen molar-refractivity contribution in [1.29, 1.82) is 0 Å². The van der Waals surface area contributed by atoms with Crippen molar-refractivity contribution < 1.29 is 4.74 Å². The summed E-state index contributed by atoms with van der Waals surface area (Å²) in [6.45, 7) is 3.04. The van der Waals surface area contributed by atoms with Gasteiger partial charge in [-0.05, 0) is 42.7 Å². The molecule has 0 radical (unpaired) electrons. The van der Waals surface area contributed by atoms with Crippen LogP contribution in [0.4, 0.5) is 0 Å². The normalized spacial score (nSPS) is 16.7. The summed E-state index contributed by atoms with van der Waals surface area (Å²) in [5.74, 6) is 0.957. The van der Waals surface area contributed by atoms with Gasteiger partial charge in [0.15, 0.2) is 0 Å². The van der Waals surface area contributed by atoms with E-state index in [9.17, 15) is 0 Å². The lowest BCUT2D eigenvalue weighted by Gasteiger charge is -2.15. The van der Waals surface area contributed by atoms with Gasteiger partial charge in [0.2, 0.25) is 0 Å². The van der Waals surface area contributed by atoms with E-state index in [1.165, 1.54) is 23.6 Å². The lowest BCUT2D eigenvalue weighted by atomic mass is 10.1. The lowest BCUT2D eigenvalue weighted by molar-refractivity contribution is 0.217. The van der Waals surface area contributed by atoms with Gasteiger partial charge < -0.3 is 10.1 Å². The molecule has 1 aliphatic carbocycles. The van der Waals surface area contributed by atoms with Gasteiger partial charge in [-0.2, -0.15) is 0 Å². The molecule has 0 bridgehead atoms. The number of hydrogen-bond donors (Lipinski definition) is 1. The van der Waals surface area contributed by atoms with Crippen LogP contribution < -0.4 is 10.1 Å². The molecule has 1 fully saturated rings. The van der Waals surface area contributed by atoms with Crippen molar-refractivity contribution >= 4 is 10.8 Å². The summed E-state index contributed by atoms with van der Waals surface area (Å²) in [5, 5.41) is 5.98. The predicted octanol–water partition coefficient (Wildman–Crippen LogP) is 3.36. The van der Waals surface area contributed by atoms with Crippen LogP contribution in [0.15, 0.2) is 42.5 Å². The summed E-state index contributed by atoms with van der Waals surface area (Å²) in [6.07, 6.45) is 2.86. The second-order valence-electron chi connectivity index (χ2n) is 5.12. The Morgan fingerprint density at radius 1 is 1.17 bits per heavy atom. The minimum atomic E-state index is 0.215. The van der Waals surface area contributed by atoms with Crippen LogP contribution in [-0.4, -0.2) is 18.7 Å². The third-order valence-electron chi connectivity index (χ3n) is 3.33. The van der Waals surface area contributed by atoms with E-state index in [1.54, 1.807) is 0 Å². The molecule has 1 N–H and O–H groups in total. The average molecular weight is 241 g/mol. The molecule has 1 unspecified atom stereocenters. The first kappa shape index (κ1) is 11.5. The van der Waals surface area contributed by atoms with Crippen LogP contribution in [0.25, 0.3) is 10.8 Å². The molecule has 0 heterocycles.